The Labute approximate surface area is 109 Å². The topological polar surface area (TPSA) is 32.3 Å². The Morgan fingerprint density at radius 2 is 2.29 bits per heavy atom. The van der Waals surface area contributed by atoms with Gasteiger partial charge < -0.3 is 10.2 Å². The SMILES string of the molecule is O=C1CC2CNCCC2N1c1cccc(Br)c1. The van der Waals surface area contributed by atoms with E-state index in [1.54, 1.807) is 0 Å². The molecule has 0 aliphatic carbocycles. The summed E-state index contributed by atoms with van der Waals surface area (Å²) in [5, 5.41) is 3.37. The molecular formula is C13H15BrN2O. The highest BCUT2D eigenvalue weighted by molar-refractivity contribution is 9.10. The van der Waals surface area contributed by atoms with E-state index in [2.05, 4.69) is 21.2 Å². The van der Waals surface area contributed by atoms with E-state index in [1.165, 1.54) is 0 Å². The Morgan fingerprint density at radius 1 is 1.41 bits per heavy atom. The van der Waals surface area contributed by atoms with Crippen LogP contribution in [0.4, 0.5) is 5.69 Å². The molecule has 90 valence electrons. The normalized spacial score (nSPS) is 28.3. The first-order valence-electron chi connectivity index (χ1n) is 6.04. The largest absolute Gasteiger partial charge is 0.316 e. The second kappa shape index (κ2) is 4.42. The molecule has 2 unspecified atom stereocenters. The third-order valence-electron chi connectivity index (χ3n) is 3.69. The van der Waals surface area contributed by atoms with Gasteiger partial charge in [-0.15, -0.1) is 0 Å². The van der Waals surface area contributed by atoms with Crippen LogP contribution >= 0.6 is 15.9 Å². The molecule has 1 amide bonds. The molecule has 0 radical (unpaired) electrons. The molecule has 3 nitrogen and oxygen atoms in total. The molecule has 2 fully saturated rings. The lowest BCUT2D eigenvalue weighted by molar-refractivity contribution is -0.117. The first-order chi connectivity index (χ1) is 8.25. The maximum Gasteiger partial charge on any atom is 0.227 e. The van der Waals surface area contributed by atoms with Crippen LogP contribution in [0.15, 0.2) is 28.7 Å². The van der Waals surface area contributed by atoms with E-state index >= 15 is 0 Å². The molecule has 17 heavy (non-hydrogen) atoms. The molecule has 1 aromatic carbocycles. The van der Waals surface area contributed by atoms with Crippen molar-refractivity contribution in [1.29, 1.82) is 0 Å². The molecule has 0 saturated carbocycles. The van der Waals surface area contributed by atoms with Crippen molar-refractivity contribution in [1.82, 2.24) is 5.32 Å². The summed E-state index contributed by atoms with van der Waals surface area (Å²) in [6.45, 7) is 1.99. The van der Waals surface area contributed by atoms with Crippen LogP contribution in [0.2, 0.25) is 0 Å². The van der Waals surface area contributed by atoms with Gasteiger partial charge in [0.1, 0.15) is 0 Å². The third-order valence-corrected chi connectivity index (χ3v) is 4.18. The third kappa shape index (κ3) is 2.00. The first kappa shape index (κ1) is 11.2. The van der Waals surface area contributed by atoms with Crippen LogP contribution in [-0.4, -0.2) is 25.0 Å². The number of nitrogens with one attached hydrogen (secondary N) is 1. The predicted molar refractivity (Wildman–Crippen MR) is 71.0 cm³/mol. The number of hydrogen-bond acceptors (Lipinski definition) is 2. The number of halogens is 1. The Morgan fingerprint density at radius 3 is 3.12 bits per heavy atom. The van der Waals surface area contributed by atoms with E-state index in [0.29, 0.717) is 18.4 Å². The molecule has 2 aliphatic rings. The number of carbonyl (C=O) groups excluding carboxylic acids is 1. The van der Waals surface area contributed by atoms with Crippen molar-refractivity contribution >= 4 is 27.5 Å². The lowest BCUT2D eigenvalue weighted by Crippen LogP contribution is -2.44. The van der Waals surface area contributed by atoms with Crippen LogP contribution in [0, 0.1) is 5.92 Å². The molecule has 2 heterocycles. The van der Waals surface area contributed by atoms with Crippen molar-refractivity contribution < 1.29 is 4.79 Å². The zero-order valence-corrected chi connectivity index (χ0v) is 11.1. The van der Waals surface area contributed by atoms with Gasteiger partial charge in [-0.2, -0.15) is 0 Å². The van der Waals surface area contributed by atoms with Gasteiger partial charge in [0, 0.05) is 35.1 Å². The van der Waals surface area contributed by atoms with Crippen molar-refractivity contribution in [3.63, 3.8) is 0 Å². The quantitative estimate of drug-likeness (QED) is 0.861. The summed E-state index contributed by atoms with van der Waals surface area (Å²) < 4.78 is 1.03. The highest BCUT2D eigenvalue weighted by atomic mass is 79.9. The summed E-state index contributed by atoms with van der Waals surface area (Å²) in [6, 6.07) is 8.42. The number of benzene rings is 1. The summed E-state index contributed by atoms with van der Waals surface area (Å²) in [5.74, 6) is 0.747. The fourth-order valence-corrected chi connectivity index (χ4v) is 3.31. The fraction of sp³-hybridized carbons (Fsp3) is 0.462. The van der Waals surface area contributed by atoms with Gasteiger partial charge in [-0.3, -0.25) is 4.79 Å². The highest BCUT2D eigenvalue weighted by Gasteiger charge is 2.41. The summed E-state index contributed by atoms with van der Waals surface area (Å²) in [6.07, 6.45) is 1.74. The molecule has 2 atom stereocenters. The number of hydrogen-bond donors (Lipinski definition) is 1. The van der Waals surface area contributed by atoms with Crippen LogP contribution in [0.25, 0.3) is 0 Å². The highest BCUT2D eigenvalue weighted by Crippen LogP contribution is 2.34. The standard InChI is InChI=1S/C13H15BrN2O/c14-10-2-1-3-11(7-10)16-12-4-5-15-8-9(12)6-13(16)17/h1-3,7,9,12,15H,4-6,8H2. The van der Waals surface area contributed by atoms with E-state index in [1.807, 2.05) is 29.2 Å². The second-order valence-corrected chi connectivity index (χ2v) is 5.68. The minimum atomic E-state index is 0.266. The Kier molecular flexibility index (Phi) is 2.92. The lowest BCUT2D eigenvalue weighted by atomic mass is 9.94. The van der Waals surface area contributed by atoms with Crippen molar-refractivity contribution in [3.8, 4) is 0 Å². The van der Waals surface area contributed by atoms with Crippen molar-refractivity contribution in [3.05, 3.63) is 28.7 Å². The lowest BCUT2D eigenvalue weighted by Gasteiger charge is -2.32. The molecule has 2 aliphatic heterocycles. The van der Waals surface area contributed by atoms with Crippen molar-refractivity contribution in [2.75, 3.05) is 18.0 Å². The number of anilines is 1. The van der Waals surface area contributed by atoms with Gasteiger partial charge in [0.2, 0.25) is 5.91 Å². The molecule has 2 saturated heterocycles. The number of carbonyl (C=O) groups is 1. The van der Waals surface area contributed by atoms with E-state index < -0.39 is 0 Å². The molecule has 1 N–H and O–H groups in total. The summed E-state index contributed by atoms with van der Waals surface area (Å²) in [4.78, 5) is 14.1. The molecular weight excluding hydrogens is 280 g/mol. The van der Waals surface area contributed by atoms with E-state index in [9.17, 15) is 4.79 Å². The summed E-state index contributed by atoms with van der Waals surface area (Å²) in [7, 11) is 0. The Hall–Kier alpha value is -0.870. The van der Waals surface area contributed by atoms with Gasteiger partial charge in [-0.1, -0.05) is 22.0 Å². The number of fused-ring (bicyclic) bond motifs is 1. The van der Waals surface area contributed by atoms with Crippen LogP contribution in [0.5, 0.6) is 0 Å². The molecule has 4 heteroatoms. The van der Waals surface area contributed by atoms with Gasteiger partial charge in [0.15, 0.2) is 0 Å². The first-order valence-corrected chi connectivity index (χ1v) is 6.83. The van der Waals surface area contributed by atoms with E-state index in [0.717, 1.165) is 29.7 Å². The van der Waals surface area contributed by atoms with Crippen LogP contribution in [0.1, 0.15) is 12.8 Å². The molecule has 0 aromatic heterocycles. The average molecular weight is 295 g/mol. The fourth-order valence-electron chi connectivity index (χ4n) is 2.93. The minimum Gasteiger partial charge on any atom is -0.316 e. The van der Waals surface area contributed by atoms with Gasteiger partial charge >= 0.3 is 0 Å². The van der Waals surface area contributed by atoms with E-state index in [-0.39, 0.29) is 5.91 Å². The molecule has 0 spiro atoms. The van der Waals surface area contributed by atoms with Gasteiger partial charge in [-0.05, 0) is 31.2 Å². The van der Waals surface area contributed by atoms with Gasteiger partial charge in [0.05, 0.1) is 0 Å². The molecule has 1 aromatic rings. The van der Waals surface area contributed by atoms with Gasteiger partial charge in [-0.25, -0.2) is 0 Å². The van der Waals surface area contributed by atoms with E-state index in [4.69, 9.17) is 0 Å². The monoisotopic (exact) mass is 294 g/mol. The van der Waals surface area contributed by atoms with Crippen molar-refractivity contribution in [2.24, 2.45) is 5.92 Å². The smallest absolute Gasteiger partial charge is 0.227 e. The summed E-state index contributed by atoms with van der Waals surface area (Å²) in [5.41, 5.74) is 1.03. The number of nitrogens with zero attached hydrogens (tertiary/aromatic N) is 1. The van der Waals surface area contributed by atoms with Crippen LogP contribution < -0.4 is 10.2 Å². The average Bonchev–Trinajstić information content (AvgIpc) is 2.64. The number of rotatable bonds is 1. The van der Waals surface area contributed by atoms with Crippen LogP contribution in [-0.2, 0) is 4.79 Å². The summed E-state index contributed by atoms with van der Waals surface area (Å²) >= 11 is 3.47. The Balaban J connectivity index is 1.93. The van der Waals surface area contributed by atoms with Crippen LogP contribution in [0.3, 0.4) is 0 Å². The second-order valence-electron chi connectivity index (χ2n) is 4.77. The maximum absolute atomic E-state index is 12.1. The Bertz CT molecular complexity index is 449. The zero-order chi connectivity index (χ0) is 11.8. The predicted octanol–water partition coefficient (Wildman–Crippen LogP) is 2.16. The number of amides is 1. The van der Waals surface area contributed by atoms with Gasteiger partial charge in [0.25, 0.3) is 0 Å². The maximum atomic E-state index is 12.1. The van der Waals surface area contributed by atoms with Crippen molar-refractivity contribution in [2.45, 2.75) is 18.9 Å². The molecule has 3 rings (SSSR count). The number of piperidine rings is 1. The minimum absolute atomic E-state index is 0.266. The zero-order valence-electron chi connectivity index (χ0n) is 9.53. The molecule has 0 bridgehead atoms.